The first-order valence-electron chi connectivity index (χ1n) is 14.9. The van der Waals surface area contributed by atoms with Crippen LogP contribution in [0.2, 0.25) is 0 Å². The highest BCUT2D eigenvalue weighted by Crippen LogP contribution is 2.26. The number of carbonyl (C=O) groups excluding carboxylic acids is 2. The molecule has 0 saturated carbocycles. The van der Waals surface area contributed by atoms with Crippen LogP contribution in [0.15, 0.2) is 104 Å². The molecule has 4 aromatic rings. The van der Waals surface area contributed by atoms with Gasteiger partial charge in [-0.15, -0.1) is 6.58 Å². The fourth-order valence-electron chi connectivity index (χ4n) is 4.22. The van der Waals surface area contributed by atoms with Gasteiger partial charge in [-0.3, -0.25) is 0 Å². The second kappa shape index (κ2) is 18.3. The van der Waals surface area contributed by atoms with Crippen LogP contribution < -0.4 is 14.2 Å². The van der Waals surface area contributed by atoms with Crippen molar-refractivity contribution in [2.45, 2.75) is 25.7 Å². The monoisotopic (exact) mass is 744 g/mol. The number of ether oxygens (including phenoxy) is 4. The maximum Gasteiger partial charge on any atom is 0.343 e. The van der Waals surface area contributed by atoms with Crippen LogP contribution in [0.5, 0.6) is 17.2 Å². The Morgan fingerprint density at radius 1 is 0.702 bits per heavy atom. The molecule has 47 heavy (non-hydrogen) atoms. The van der Waals surface area contributed by atoms with Crippen LogP contribution in [-0.4, -0.2) is 42.8 Å². The van der Waals surface area contributed by atoms with Crippen molar-refractivity contribution >= 4 is 40.5 Å². The van der Waals surface area contributed by atoms with E-state index < -0.39 is 17.9 Å². The molecule has 0 aliphatic carbocycles. The highest BCUT2D eigenvalue weighted by molar-refractivity contribution is 14.1. The van der Waals surface area contributed by atoms with E-state index in [1.54, 1.807) is 54.6 Å². The molecule has 0 atom stereocenters. The Morgan fingerprint density at radius 3 is 1.87 bits per heavy atom. The number of carbonyl (C=O) groups is 3. The summed E-state index contributed by atoms with van der Waals surface area (Å²) in [6.45, 7) is 5.65. The zero-order valence-electron chi connectivity index (χ0n) is 25.6. The van der Waals surface area contributed by atoms with Crippen LogP contribution in [0.3, 0.4) is 0 Å². The summed E-state index contributed by atoms with van der Waals surface area (Å²) in [4.78, 5) is 37.1. The Bertz CT molecular complexity index is 1730. The smallest absolute Gasteiger partial charge is 0.343 e. The molecule has 8 nitrogen and oxygen atoms in total. The first-order valence-corrected chi connectivity index (χ1v) is 16.0. The molecule has 240 valence electrons. The van der Waals surface area contributed by atoms with Gasteiger partial charge in [0.1, 0.15) is 22.8 Å². The van der Waals surface area contributed by atoms with E-state index in [4.69, 9.17) is 18.9 Å². The second-order valence-corrected chi connectivity index (χ2v) is 11.5. The van der Waals surface area contributed by atoms with E-state index in [1.807, 2.05) is 24.3 Å². The van der Waals surface area contributed by atoms with Crippen molar-refractivity contribution in [1.82, 2.24) is 0 Å². The predicted molar refractivity (Wildman–Crippen MR) is 186 cm³/mol. The van der Waals surface area contributed by atoms with Gasteiger partial charge in [-0.2, -0.15) is 0 Å². The fraction of sp³-hybridized carbons (Fsp3) is 0.184. The summed E-state index contributed by atoms with van der Waals surface area (Å²) in [7, 11) is 0. The topological polar surface area (TPSA) is 108 Å². The number of aromatic carboxylic acids is 1. The minimum atomic E-state index is -1.34. The fourth-order valence-corrected chi connectivity index (χ4v) is 4.58. The normalized spacial score (nSPS) is 10.3. The van der Waals surface area contributed by atoms with E-state index in [-0.39, 0.29) is 28.2 Å². The summed E-state index contributed by atoms with van der Waals surface area (Å²) in [5.41, 5.74) is 1.72. The van der Waals surface area contributed by atoms with Gasteiger partial charge >= 0.3 is 17.9 Å². The number of hydrogen-bond acceptors (Lipinski definition) is 7. The average Bonchev–Trinajstić information content (AvgIpc) is 3.08. The Hall–Kier alpha value is -4.92. The van der Waals surface area contributed by atoms with Crippen molar-refractivity contribution in [2.75, 3.05) is 19.8 Å². The van der Waals surface area contributed by atoms with E-state index in [2.05, 4.69) is 41.0 Å². The lowest BCUT2D eigenvalue weighted by Crippen LogP contribution is -2.13. The minimum absolute atomic E-state index is 0.0113. The number of esters is 2. The number of halogens is 1. The van der Waals surface area contributed by atoms with Gasteiger partial charge in [-0.25, -0.2) is 14.4 Å². The molecular weight excluding hydrogens is 711 g/mol. The molecule has 0 aromatic heterocycles. The van der Waals surface area contributed by atoms with E-state index >= 15 is 0 Å². The molecule has 0 aliphatic rings. The van der Waals surface area contributed by atoms with Crippen molar-refractivity contribution in [3.63, 3.8) is 0 Å². The van der Waals surface area contributed by atoms with E-state index in [0.717, 1.165) is 53.2 Å². The number of carboxylic acids is 1. The summed E-state index contributed by atoms with van der Waals surface area (Å²) < 4.78 is 22.8. The highest BCUT2D eigenvalue weighted by atomic mass is 127. The van der Waals surface area contributed by atoms with Gasteiger partial charge in [0.05, 0.1) is 24.3 Å². The summed E-state index contributed by atoms with van der Waals surface area (Å²) in [6.07, 6.45) is 5.96. The number of unbranched alkanes of at least 4 members (excludes halogenated alkanes) is 3. The number of rotatable bonds is 15. The average molecular weight is 745 g/mol. The summed E-state index contributed by atoms with van der Waals surface area (Å²) >= 11 is 2.11. The number of carboxylic acid groups (broad SMARTS) is 1. The SMILES string of the molecule is C=CCOCCCCCCOc1ccc(C#Cc2ccc(C(=O)Oc3ccc(OC(=O)c4ccc(I)cc4)c(C(=O)O)c3)cc2)cc1. The van der Waals surface area contributed by atoms with E-state index in [0.29, 0.717) is 18.8 Å². The predicted octanol–water partition coefficient (Wildman–Crippen LogP) is 7.97. The molecule has 0 unspecified atom stereocenters. The minimum Gasteiger partial charge on any atom is -0.494 e. The Balaban J connectivity index is 1.27. The molecule has 0 amide bonds. The molecule has 0 heterocycles. The zero-order valence-corrected chi connectivity index (χ0v) is 27.7. The van der Waals surface area contributed by atoms with Gasteiger partial charge in [0.15, 0.2) is 0 Å². The highest BCUT2D eigenvalue weighted by Gasteiger charge is 2.19. The van der Waals surface area contributed by atoms with Gasteiger partial charge in [0, 0.05) is 21.3 Å². The first kappa shape index (κ1) is 34.9. The first-order chi connectivity index (χ1) is 22.8. The molecule has 0 saturated heterocycles. The van der Waals surface area contributed by atoms with Gasteiger partial charge in [0.25, 0.3) is 0 Å². The third-order valence-electron chi connectivity index (χ3n) is 6.69. The molecule has 0 bridgehead atoms. The molecule has 0 aliphatic heterocycles. The van der Waals surface area contributed by atoms with Gasteiger partial charge in [-0.05, 0) is 133 Å². The van der Waals surface area contributed by atoms with Crippen LogP contribution in [0.1, 0.15) is 67.9 Å². The Kier molecular flexibility index (Phi) is 13.6. The summed E-state index contributed by atoms with van der Waals surface area (Å²) in [5, 5.41) is 9.67. The van der Waals surface area contributed by atoms with Crippen molar-refractivity contribution < 1.29 is 38.4 Å². The lowest BCUT2D eigenvalue weighted by Gasteiger charge is -2.10. The number of hydrogen-bond donors (Lipinski definition) is 1. The lowest BCUT2D eigenvalue weighted by atomic mass is 10.1. The van der Waals surface area contributed by atoms with E-state index in [1.165, 1.54) is 12.1 Å². The van der Waals surface area contributed by atoms with Gasteiger partial charge < -0.3 is 24.1 Å². The Labute approximate surface area is 287 Å². The molecule has 4 aromatic carbocycles. The third-order valence-corrected chi connectivity index (χ3v) is 7.41. The molecule has 4 rings (SSSR count). The lowest BCUT2D eigenvalue weighted by molar-refractivity contribution is 0.0670. The van der Waals surface area contributed by atoms with E-state index in [9.17, 15) is 19.5 Å². The van der Waals surface area contributed by atoms with Crippen LogP contribution in [0, 0.1) is 15.4 Å². The molecule has 0 radical (unpaired) electrons. The largest absolute Gasteiger partial charge is 0.494 e. The standard InChI is InChI=1S/C38H33IO8/c1-2-23-44-24-5-3-4-6-25-45-32-19-11-28(12-20-32)8-7-27-9-13-29(14-10-27)37(42)46-33-21-22-35(34(26-33)36(40)41)47-38(43)30-15-17-31(39)18-16-30/h2,9-22,26H,1,3-6,23-25H2,(H,40,41). The maximum absolute atomic E-state index is 12.8. The molecular formula is C38H33IO8. The zero-order chi connectivity index (χ0) is 33.4. The van der Waals surface area contributed by atoms with Crippen LogP contribution in [-0.2, 0) is 4.74 Å². The van der Waals surface area contributed by atoms with Crippen molar-refractivity contribution in [2.24, 2.45) is 0 Å². The summed E-state index contributed by atoms with van der Waals surface area (Å²) in [5.74, 6) is 4.05. The van der Waals surface area contributed by atoms with Gasteiger partial charge in [0.2, 0.25) is 0 Å². The third kappa shape index (κ3) is 11.4. The molecule has 1 N–H and O–H groups in total. The quantitative estimate of drug-likeness (QED) is 0.0326. The molecule has 9 heteroatoms. The van der Waals surface area contributed by atoms with Gasteiger partial charge in [-0.1, -0.05) is 24.3 Å². The Morgan fingerprint density at radius 2 is 1.26 bits per heavy atom. The van der Waals surface area contributed by atoms with Crippen LogP contribution in [0.25, 0.3) is 0 Å². The summed E-state index contributed by atoms with van der Waals surface area (Å²) in [6, 6.07) is 24.5. The van der Waals surface area contributed by atoms with Crippen LogP contribution in [0.4, 0.5) is 0 Å². The molecule has 0 fully saturated rings. The number of benzene rings is 4. The van der Waals surface area contributed by atoms with Crippen LogP contribution >= 0.6 is 22.6 Å². The second-order valence-electron chi connectivity index (χ2n) is 10.2. The van der Waals surface area contributed by atoms with Crippen molar-refractivity contribution in [1.29, 1.82) is 0 Å². The van der Waals surface area contributed by atoms with Crippen molar-refractivity contribution in [3.05, 3.63) is 135 Å². The maximum atomic E-state index is 12.8. The van der Waals surface area contributed by atoms with Crippen molar-refractivity contribution in [3.8, 4) is 29.1 Å². The molecule has 0 spiro atoms.